The molecule has 0 saturated carbocycles. The predicted molar refractivity (Wildman–Crippen MR) is 76.3 cm³/mol. The van der Waals surface area contributed by atoms with E-state index >= 15 is 0 Å². The van der Waals surface area contributed by atoms with Gasteiger partial charge in [-0.1, -0.05) is 23.7 Å². The summed E-state index contributed by atoms with van der Waals surface area (Å²) in [6.07, 6.45) is 0. The molecule has 0 saturated heterocycles. The first-order valence-electron chi connectivity index (χ1n) is 5.96. The van der Waals surface area contributed by atoms with Gasteiger partial charge in [0.2, 0.25) is 0 Å². The van der Waals surface area contributed by atoms with E-state index < -0.39 is 5.82 Å². The Kier molecular flexibility index (Phi) is 3.96. The first kappa shape index (κ1) is 13.7. The molecule has 2 rings (SSSR count). The van der Waals surface area contributed by atoms with Crippen LogP contribution in [0.5, 0.6) is 5.75 Å². The molecular formula is C15H15ClFNO. The standard InChI is InChI=1S/C15H15ClFNO/c1-9-3-6-14(10(2)15(9)19)18-8-11-4-5-13(17)12(16)7-11/h3-7,18-19H,8H2,1-2H3. The highest BCUT2D eigenvalue weighted by molar-refractivity contribution is 6.30. The number of phenols is 1. The van der Waals surface area contributed by atoms with Gasteiger partial charge in [0.1, 0.15) is 11.6 Å². The highest BCUT2D eigenvalue weighted by Gasteiger charge is 2.06. The first-order valence-corrected chi connectivity index (χ1v) is 6.34. The molecule has 0 amide bonds. The van der Waals surface area contributed by atoms with Crippen LogP contribution in [0.1, 0.15) is 16.7 Å². The highest BCUT2D eigenvalue weighted by Crippen LogP contribution is 2.28. The SMILES string of the molecule is Cc1ccc(NCc2ccc(F)c(Cl)c2)c(C)c1O. The van der Waals surface area contributed by atoms with Gasteiger partial charge < -0.3 is 10.4 Å². The Morgan fingerprint density at radius 2 is 1.95 bits per heavy atom. The van der Waals surface area contributed by atoms with Crippen molar-refractivity contribution in [1.29, 1.82) is 0 Å². The van der Waals surface area contributed by atoms with Gasteiger partial charge in [0.05, 0.1) is 5.02 Å². The molecule has 2 nitrogen and oxygen atoms in total. The maximum absolute atomic E-state index is 13.0. The number of nitrogens with one attached hydrogen (secondary N) is 1. The summed E-state index contributed by atoms with van der Waals surface area (Å²) in [5.74, 6) is -0.128. The molecule has 0 bridgehead atoms. The number of aromatic hydroxyl groups is 1. The smallest absolute Gasteiger partial charge is 0.141 e. The second-order valence-corrected chi connectivity index (χ2v) is 4.91. The molecule has 2 aromatic carbocycles. The van der Waals surface area contributed by atoms with Gasteiger partial charge in [0.25, 0.3) is 0 Å². The minimum atomic E-state index is -0.422. The molecule has 19 heavy (non-hydrogen) atoms. The molecule has 4 heteroatoms. The molecule has 0 heterocycles. The van der Waals surface area contributed by atoms with Crippen LogP contribution in [0.4, 0.5) is 10.1 Å². The van der Waals surface area contributed by atoms with Crippen LogP contribution in [-0.4, -0.2) is 5.11 Å². The fraction of sp³-hybridized carbons (Fsp3) is 0.200. The average Bonchev–Trinajstić information content (AvgIpc) is 2.39. The molecule has 0 fully saturated rings. The third kappa shape index (κ3) is 2.99. The van der Waals surface area contributed by atoms with E-state index in [4.69, 9.17) is 11.6 Å². The number of hydrogen-bond donors (Lipinski definition) is 2. The molecule has 0 aliphatic rings. The summed E-state index contributed by atoms with van der Waals surface area (Å²) in [5.41, 5.74) is 3.37. The van der Waals surface area contributed by atoms with Gasteiger partial charge in [-0.3, -0.25) is 0 Å². The summed E-state index contributed by atoms with van der Waals surface area (Å²) < 4.78 is 13.0. The van der Waals surface area contributed by atoms with Crippen LogP contribution >= 0.6 is 11.6 Å². The van der Waals surface area contributed by atoms with Crippen molar-refractivity contribution in [3.05, 3.63) is 57.9 Å². The summed E-state index contributed by atoms with van der Waals surface area (Å²) in [7, 11) is 0. The number of anilines is 1. The zero-order valence-corrected chi connectivity index (χ0v) is 11.6. The molecule has 0 unspecified atom stereocenters. The fourth-order valence-electron chi connectivity index (χ4n) is 1.87. The molecule has 2 aromatic rings. The van der Waals surface area contributed by atoms with Gasteiger partial charge in [0.15, 0.2) is 0 Å². The van der Waals surface area contributed by atoms with E-state index in [-0.39, 0.29) is 5.02 Å². The minimum Gasteiger partial charge on any atom is -0.507 e. The Labute approximate surface area is 116 Å². The van der Waals surface area contributed by atoms with Gasteiger partial charge in [-0.05, 0) is 43.2 Å². The largest absolute Gasteiger partial charge is 0.507 e. The third-order valence-corrected chi connectivity index (χ3v) is 3.39. The normalized spacial score (nSPS) is 10.5. The lowest BCUT2D eigenvalue weighted by molar-refractivity contribution is 0.467. The van der Waals surface area contributed by atoms with Gasteiger partial charge in [-0.2, -0.15) is 0 Å². The van der Waals surface area contributed by atoms with Crippen LogP contribution in [0.15, 0.2) is 30.3 Å². The lowest BCUT2D eigenvalue weighted by Crippen LogP contribution is -2.01. The number of halogens is 2. The molecule has 0 radical (unpaired) electrons. The number of benzene rings is 2. The van der Waals surface area contributed by atoms with Gasteiger partial charge in [0, 0.05) is 17.8 Å². The van der Waals surface area contributed by atoms with E-state index in [1.54, 1.807) is 12.1 Å². The zero-order valence-electron chi connectivity index (χ0n) is 10.8. The number of hydrogen-bond acceptors (Lipinski definition) is 2. The molecule has 100 valence electrons. The topological polar surface area (TPSA) is 32.3 Å². The third-order valence-electron chi connectivity index (χ3n) is 3.10. The Bertz CT molecular complexity index is 613. The lowest BCUT2D eigenvalue weighted by atomic mass is 10.1. The van der Waals surface area contributed by atoms with Crippen LogP contribution in [-0.2, 0) is 6.54 Å². The second-order valence-electron chi connectivity index (χ2n) is 4.51. The van der Waals surface area contributed by atoms with Crippen molar-refractivity contribution >= 4 is 17.3 Å². The van der Waals surface area contributed by atoms with Crippen LogP contribution in [0.3, 0.4) is 0 Å². The summed E-state index contributed by atoms with van der Waals surface area (Å²) in [6.45, 7) is 4.22. The molecule has 0 aliphatic heterocycles. The molecule has 0 aliphatic carbocycles. The van der Waals surface area contributed by atoms with Crippen LogP contribution in [0.25, 0.3) is 0 Å². The van der Waals surface area contributed by atoms with Crippen molar-refractivity contribution in [2.24, 2.45) is 0 Å². The summed E-state index contributed by atoms with van der Waals surface area (Å²) in [4.78, 5) is 0. The van der Waals surface area contributed by atoms with E-state index in [2.05, 4.69) is 5.32 Å². The monoisotopic (exact) mass is 279 g/mol. The predicted octanol–water partition coefficient (Wildman–Crippen LogP) is 4.41. The molecule has 0 atom stereocenters. The quantitative estimate of drug-likeness (QED) is 0.872. The summed E-state index contributed by atoms with van der Waals surface area (Å²) in [6, 6.07) is 8.38. The van der Waals surface area contributed by atoms with Gasteiger partial charge in [-0.25, -0.2) is 4.39 Å². The van der Waals surface area contributed by atoms with E-state index in [0.717, 1.165) is 22.4 Å². The van der Waals surface area contributed by atoms with E-state index in [0.29, 0.717) is 12.3 Å². The van der Waals surface area contributed by atoms with Crippen molar-refractivity contribution < 1.29 is 9.50 Å². The lowest BCUT2D eigenvalue weighted by Gasteiger charge is -2.12. The molecular weight excluding hydrogens is 265 g/mol. The highest BCUT2D eigenvalue weighted by atomic mass is 35.5. The zero-order chi connectivity index (χ0) is 14.0. The van der Waals surface area contributed by atoms with Crippen LogP contribution in [0.2, 0.25) is 5.02 Å². The molecule has 0 spiro atoms. The average molecular weight is 280 g/mol. The van der Waals surface area contributed by atoms with E-state index in [9.17, 15) is 9.50 Å². The molecule has 0 aromatic heterocycles. The number of rotatable bonds is 3. The van der Waals surface area contributed by atoms with Crippen LogP contribution < -0.4 is 5.32 Å². The van der Waals surface area contributed by atoms with Crippen molar-refractivity contribution in [3.8, 4) is 5.75 Å². The maximum atomic E-state index is 13.0. The minimum absolute atomic E-state index is 0.114. The summed E-state index contributed by atoms with van der Waals surface area (Å²) >= 11 is 5.73. The fourth-order valence-corrected chi connectivity index (χ4v) is 2.08. The van der Waals surface area contributed by atoms with Gasteiger partial charge in [-0.15, -0.1) is 0 Å². The summed E-state index contributed by atoms with van der Waals surface area (Å²) in [5, 5.41) is 13.2. The van der Waals surface area contributed by atoms with Crippen LogP contribution in [0, 0.1) is 19.7 Å². The second kappa shape index (κ2) is 5.49. The number of aryl methyl sites for hydroxylation is 1. The maximum Gasteiger partial charge on any atom is 0.141 e. The van der Waals surface area contributed by atoms with Gasteiger partial charge >= 0.3 is 0 Å². The number of phenolic OH excluding ortho intramolecular Hbond substituents is 1. The Balaban J connectivity index is 2.14. The van der Waals surface area contributed by atoms with E-state index in [1.807, 2.05) is 26.0 Å². The van der Waals surface area contributed by atoms with Crippen molar-refractivity contribution in [2.45, 2.75) is 20.4 Å². The first-order chi connectivity index (χ1) is 8.99. The van der Waals surface area contributed by atoms with Crippen molar-refractivity contribution in [1.82, 2.24) is 0 Å². The van der Waals surface area contributed by atoms with E-state index in [1.165, 1.54) is 6.07 Å². The van der Waals surface area contributed by atoms with Crippen molar-refractivity contribution in [3.63, 3.8) is 0 Å². The Morgan fingerprint density at radius 1 is 1.21 bits per heavy atom. The van der Waals surface area contributed by atoms with Crippen molar-refractivity contribution in [2.75, 3.05) is 5.32 Å². The Hall–Kier alpha value is -1.74. The molecule has 2 N–H and O–H groups in total. The Morgan fingerprint density at radius 3 is 2.63 bits per heavy atom.